The monoisotopic (exact) mass is 261 g/mol. The molecule has 1 aliphatic rings. The van der Waals surface area contributed by atoms with Gasteiger partial charge in [0, 0.05) is 18.7 Å². The topological polar surface area (TPSA) is 53.0 Å². The Balaban J connectivity index is 2.03. The summed E-state index contributed by atoms with van der Waals surface area (Å²) in [5.74, 6) is 0.256. The van der Waals surface area contributed by atoms with Crippen LogP contribution in [0.2, 0.25) is 0 Å². The van der Waals surface area contributed by atoms with Crippen molar-refractivity contribution in [2.24, 2.45) is 11.7 Å². The molecule has 0 saturated carbocycles. The van der Waals surface area contributed by atoms with Crippen LogP contribution in [0.15, 0.2) is 18.2 Å². The highest BCUT2D eigenvalue weighted by Crippen LogP contribution is 2.22. The Kier molecular flexibility index (Phi) is 4.89. The molecule has 2 N–H and O–H groups in total. The summed E-state index contributed by atoms with van der Waals surface area (Å²) >= 11 is 0. The Bertz CT molecular complexity index is 465. The van der Waals surface area contributed by atoms with Gasteiger partial charge < -0.3 is 5.73 Å². The van der Waals surface area contributed by atoms with E-state index in [0.29, 0.717) is 18.0 Å². The molecule has 1 fully saturated rings. The third kappa shape index (κ3) is 3.52. The smallest absolute Gasteiger partial charge is 0.145 e. The van der Waals surface area contributed by atoms with Gasteiger partial charge in [-0.1, -0.05) is 12.1 Å². The molecule has 4 heteroatoms. The summed E-state index contributed by atoms with van der Waals surface area (Å²) in [6.45, 7) is 3.28. The summed E-state index contributed by atoms with van der Waals surface area (Å²) in [7, 11) is 0. The molecule has 1 aliphatic heterocycles. The standard InChI is InChI=1S/C15H20FN3/c16-15-13(9-18)4-1-5-14(15)11-19-8-2-3-12(10-19)6-7-17/h1,4-5,12H,2-3,6-8,10-11,17H2. The van der Waals surface area contributed by atoms with Gasteiger partial charge in [0.2, 0.25) is 0 Å². The van der Waals surface area contributed by atoms with Crippen molar-refractivity contribution >= 4 is 0 Å². The van der Waals surface area contributed by atoms with Gasteiger partial charge in [0.1, 0.15) is 11.9 Å². The molecular weight excluding hydrogens is 241 g/mol. The number of hydrogen-bond acceptors (Lipinski definition) is 3. The zero-order chi connectivity index (χ0) is 13.7. The van der Waals surface area contributed by atoms with Crippen molar-refractivity contribution in [2.75, 3.05) is 19.6 Å². The second kappa shape index (κ2) is 6.65. The highest BCUT2D eigenvalue weighted by molar-refractivity contribution is 5.34. The van der Waals surface area contributed by atoms with Crippen LogP contribution in [0.4, 0.5) is 4.39 Å². The predicted octanol–water partition coefficient (Wildman–Crippen LogP) is 2.26. The Morgan fingerprint density at radius 2 is 2.32 bits per heavy atom. The van der Waals surface area contributed by atoms with E-state index in [1.807, 2.05) is 6.07 Å². The van der Waals surface area contributed by atoms with E-state index in [2.05, 4.69) is 4.90 Å². The van der Waals surface area contributed by atoms with Gasteiger partial charge in [-0.2, -0.15) is 5.26 Å². The van der Waals surface area contributed by atoms with E-state index in [0.717, 1.165) is 32.5 Å². The number of nitriles is 1. The van der Waals surface area contributed by atoms with Gasteiger partial charge in [0.25, 0.3) is 0 Å². The zero-order valence-electron chi connectivity index (χ0n) is 11.1. The van der Waals surface area contributed by atoms with Gasteiger partial charge in [-0.15, -0.1) is 0 Å². The summed E-state index contributed by atoms with van der Waals surface area (Å²) in [4.78, 5) is 2.27. The van der Waals surface area contributed by atoms with Crippen LogP contribution in [0.1, 0.15) is 30.4 Å². The summed E-state index contributed by atoms with van der Waals surface area (Å²) in [5, 5.41) is 8.84. The second-order valence-corrected chi connectivity index (χ2v) is 5.21. The van der Waals surface area contributed by atoms with E-state index in [1.165, 1.54) is 12.5 Å². The maximum atomic E-state index is 14.0. The number of likely N-dealkylation sites (tertiary alicyclic amines) is 1. The van der Waals surface area contributed by atoms with Gasteiger partial charge in [-0.3, -0.25) is 4.90 Å². The molecule has 1 aromatic rings. The van der Waals surface area contributed by atoms with E-state index in [1.54, 1.807) is 12.1 Å². The summed E-state index contributed by atoms with van der Waals surface area (Å²) < 4.78 is 14.0. The third-order valence-corrected chi connectivity index (χ3v) is 3.77. The molecule has 0 aliphatic carbocycles. The van der Waals surface area contributed by atoms with Crippen LogP contribution in [0.25, 0.3) is 0 Å². The van der Waals surface area contributed by atoms with E-state index in [9.17, 15) is 4.39 Å². The number of piperidine rings is 1. The van der Waals surface area contributed by atoms with Crippen LogP contribution in [-0.2, 0) is 6.54 Å². The molecule has 1 unspecified atom stereocenters. The lowest BCUT2D eigenvalue weighted by molar-refractivity contribution is 0.161. The molecule has 102 valence electrons. The lowest BCUT2D eigenvalue weighted by Gasteiger charge is -2.32. The van der Waals surface area contributed by atoms with Crippen LogP contribution < -0.4 is 5.73 Å². The minimum atomic E-state index is -0.369. The zero-order valence-corrected chi connectivity index (χ0v) is 11.1. The second-order valence-electron chi connectivity index (χ2n) is 5.21. The molecule has 19 heavy (non-hydrogen) atoms. The van der Waals surface area contributed by atoms with Gasteiger partial charge in [-0.05, 0) is 44.3 Å². The average molecular weight is 261 g/mol. The summed E-state index contributed by atoms with van der Waals surface area (Å²) in [6.07, 6.45) is 3.40. The van der Waals surface area contributed by atoms with Crippen LogP contribution in [0.3, 0.4) is 0 Å². The highest BCUT2D eigenvalue weighted by atomic mass is 19.1. The van der Waals surface area contributed by atoms with Crippen LogP contribution >= 0.6 is 0 Å². The number of nitrogens with zero attached hydrogens (tertiary/aromatic N) is 2. The number of hydrogen-bond donors (Lipinski definition) is 1. The van der Waals surface area contributed by atoms with Gasteiger partial charge in [0.15, 0.2) is 0 Å². The van der Waals surface area contributed by atoms with Crippen LogP contribution in [0.5, 0.6) is 0 Å². The van der Waals surface area contributed by atoms with Crippen molar-refractivity contribution in [3.63, 3.8) is 0 Å². The Morgan fingerprint density at radius 1 is 1.47 bits per heavy atom. The fourth-order valence-corrected chi connectivity index (χ4v) is 2.80. The fraction of sp³-hybridized carbons (Fsp3) is 0.533. The van der Waals surface area contributed by atoms with Crippen molar-refractivity contribution in [3.05, 3.63) is 35.1 Å². The molecular formula is C15H20FN3. The minimum Gasteiger partial charge on any atom is -0.330 e. The van der Waals surface area contributed by atoms with E-state index in [4.69, 9.17) is 11.0 Å². The number of halogens is 1. The molecule has 0 radical (unpaired) electrons. The van der Waals surface area contributed by atoms with Crippen molar-refractivity contribution in [3.8, 4) is 6.07 Å². The minimum absolute atomic E-state index is 0.132. The molecule has 1 aromatic carbocycles. The van der Waals surface area contributed by atoms with Crippen LogP contribution in [-0.4, -0.2) is 24.5 Å². The van der Waals surface area contributed by atoms with Crippen molar-refractivity contribution < 1.29 is 4.39 Å². The molecule has 1 heterocycles. The molecule has 3 nitrogen and oxygen atoms in total. The van der Waals surface area contributed by atoms with E-state index in [-0.39, 0.29) is 11.4 Å². The fourth-order valence-electron chi connectivity index (χ4n) is 2.80. The van der Waals surface area contributed by atoms with Gasteiger partial charge in [0.05, 0.1) is 5.56 Å². The summed E-state index contributed by atoms with van der Waals surface area (Å²) in [5.41, 5.74) is 6.36. The first-order valence-corrected chi connectivity index (χ1v) is 6.84. The Labute approximate surface area is 113 Å². The maximum absolute atomic E-state index is 14.0. The number of rotatable bonds is 4. The lowest BCUT2D eigenvalue weighted by Crippen LogP contribution is -2.35. The largest absolute Gasteiger partial charge is 0.330 e. The van der Waals surface area contributed by atoms with Crippen LogP contribution in [0, 0.1) is 23.1 Å². The van der Waals surface area contributed by atoms with Crippen molar-refractivity contribution in [1.82, 2.24) is 4.90 Å². The van der Waals surface area contributed by atoms with Gasteiger partial charge in [-0.25, -0.2) is 4.39 Å². The molecule has 0 bridgehead atoms. The first-order valence-electron chi connectivity index (χ1n) is 6.84. The maximum Gasteiger partial charge on any atom is 0.145 e. The number of benzene rings is 1. The molecule has 1 saturated heterocycles. The van der Waals surface area contributed by atoms with Gasteiger partial charge >= 0.3 is 0 Å². The normalized spacial score (nSPS) is 20.2. The SMILES string of the molecule is N#Cc1cccc(CN2CCCC(CCN)C2)c1F. The first kappa shape index (κ1) is 14.0. The molecule has 1 atom stereocenters. The molecule has 0 aromatic heterocycles. The molecule has 0 amide bonds. The van der Waals surface area contributed by atoms with E-state index < -0.39 is 0 Å². The number of nitrogens with two attached hydrogens (primary N) is 1. The molecule has 0 spiro atoms. The Morgan fingerprint density at radius 3 is 3.05 bits per heavy atom. The third-order valence-electron chi connectivity index (χ3n) is 3.77. The predicted molar refractivity (Wildman–Crippen MR) is 72.8 cm³/mol. The van der Waals surface area contributed by atoms with E-state index >= 15 is 0 Å². The summed E-state index contributed by atoms with van der Waals surface area (Å²) in [6, 6.07) is 6.93. The lowest BCUT2D eigenvalue weighted by atomic mass is 9.94. The first-order chi connectivity index (χ1) is 9.24. The van der Waals surface area contributed by atoms with Crippen molar-refractivity contribution in [2.45, 2.75) is 25.8 Å². The quantitative estimate of drug-likeness (QED) is 0.904. The Hall–Kier alpha value is -1.44. The van der Waals surface area contributed by atoms with Crippen molar-refractivity contribution in [1.29, 1.82) is 5.26 Å². The highest BCUT2D eigenvalue weighted by Gasteiger charge is 2.20. The molecule has 2 rings (SSSR count). The average Bonchev–Trinajstić information content (AvgIpc) is 2.42.